The molecule has 17 heavy (non-hydrogen) atoms. The number of hydrogen-bond donors (Lipinski definition) is 2. The standard InChI is InChI=1S/C10H10BrF3N2O/c1-5(9(15)17)16-8-3-2-6(11)4-7(8)10(12,13)14/h2-5,16H,1H3,(H2,15,17). The van der Waals surface area contributed by atoms with Crippen LogP contribution in [0.1, 0.15) is 12.5 Å². The number of carbonyl (C=O) groups excluding carboxylic acids is 1. The van der Waals surface area contributed by atoms with Crippen LogP contribution in [-0.2, 0) is 11.0 Å². The number of anilines is 1. The molecule has 0 bridgehead atoms. The second-order valence-electron chi connectivity index (χ2n) is 3.46. The maximum absolute atomic E-state index is 12.7. The first kappa shape index (κ1) is 13.8. The summed E-state index contributed by atoms with van der Waals surface area (Å²) in [5.41, 5.74) is 3.96. The van der Waals surface area contributed by atoms with Gasteiger partial charge in [-0.3, -0.25) is 4.79 Å². The molecule has 0 fully saturated rings. The summed E-state index contributed by atoms with van der Waals surface area (Å²) in [6.07, 6.45) is -4.50. The summed E-state index contributed by atoms with van der Waals surface area (Å²) in [5.74, 6) is -0.721. The van der Waals surface area contributed by atoms with Gasteiger partial charge in [-0.1, -0.05) is 15.9 Å². The van der Waals surface area contributed by atoms with E-state index in [1.165, 1.54) is 19.1 Å². The summed E-state index contributed by atoms with van der Waals surface area (Å²) in [6, 6.07) is 2.76. The van der Waals surface area contributed by atoms with Crippen LogP contribution in [0.4, 0.5) is 18.9 Å². The van der Waals surface area contributed by atoms with Gasteiger partial charge in [-0.25, -0.2) is 0 Å². The molecule has 3 N–H and O–H groups in total. The van der Waals surface area contributed by atoms with Crippen molar-refractivity contribution in [3.05, 3.63) is 28.2 Å². The van der Waals surface area contributed by atoms with Gasteiger partial charge in [0.2, 0.25) is 5.91 Å². The highest BCUT2D eigenvalue weighted by Crippen LogP contribution is 2.36. The minimum absolute atomic E-state index is 0.174. The van der Waals surface area contributed by atoms with E-state index in [4.69, 9.17) is 5.73 Å². The number of halogens is 4. The highest BCUT2D eigenvalue weighted by atomic mass is 79.9. The predicted octanol–water partition coefficient (Wildman–Crippen LogP) is 2.75. The molecular formula is C10H10BrF3N2O. The molecule has 0 aliphatic rings. The molecule has 0 saturated heterocycles. The molecule has 0 spiro atoms. The van der Waals surface area contributed by atoms with Gasteiger partial charge >= 0.3 is 6.18 Å². The molecule has 7 heteroatoms. The summed E-state index contributed by atoms with van der Waals surface area (Å²) in [6.45, 7) is 1.39. The number of benzene rings is 1. The van der Waals surface area contributed by atoms with Gasteiger partial charge in [0.05, 0.1) is 5.56 Å². The number of primary amides is 1. The molecule has 1 aromatic carbocycles. The molecule has 0 aromatic heterocycles. The summed E-state index contributed by atoms with van der Waals surface area (Å²) < 4.78 is 38.4. The van der Waals surface area contributed by atoms with Gasteiger partial charge in [-0.15, -0.1) is 0 Å². The molecule has 0 aliphatic heterocycles. The SMILES string of the molecule is CC(Nc1ccc(Br)cc1C(F)(F)F)C(N)=O. The molecule has 1 unspecified atom stereocenters. The molecule has 0 saturated carbocycles. The van der Waals surface area contributed by atoms with Crippen LogP contribution in [0.2, 0.25) is 0 Å². The van der Waals surface area contributed by atoms with Gasteiger partial charge in [0.25, 0.3) is 0 Å². The van der Waals surface area contributed by atoms with E-state index in [1.807, 2.05) is 0 Å². The molecule has 3 nitrogen and oxygen atoms in total. The molecule has 1 aromatic rings. The van der Waals surface area contributed by atoms with E-state index >= 15 is 0 Å². The largest absolute Gasteiger partial charge is 0.418 e. The summed E-state index contributed by atoms with van der Waals surface area (Å²) >= 11 is 2.96. The van der Waals surface area contributed by atoms with E-state index in [2.05, 4.69) is 21.2 Å². The minimum Gasteiger partial charge on any atom is -0.373 e. The number of rotatable bonds is 3. The third-order valence-corrected chi connectivity index (χ3v) is 2.58. The number of nitrogens with two attached hydrogens (primary N) is 1. The first-order valence-corrected chi connectivity index (χ1v) is 5.43. The van der Waals surface area contributed by atoms with Crippen LogP contribution in [0.5, 0.6) is 0 Å². The minimum atomic E-state index is -4.50. The lowest BCUT2D eigenvalue weighted by Crippen LogP contribution is -2.33. The molecule has 0 heterocycles. The number of amides is 1. The van der Waals surface area contributed by atoms with Gasteiger partial charge in [-0.05, 0) is 25.1 Å². The third-order valence-electron chi connectivity index (χ3n) is 2.09. The fourth-order valence-electron chi connectivity index (χ4n) is 1.18. The molecule has 1 atom stereocenters. The fourth-order valence-corrected chi connectivity index (χ4v) is 1.54. The normalized spacial score (nSPS) is 13.2. The van der Waals surface area contributed by atoms with Crippen molar-refractivity contribution in [1.29, 1.82) is 0 Å². The summed E-state index contributed by atoms with van der Waals surface area (Å²) in [7, 11) is 0. The second-order valence-corrected chi connectivity index (χ2v) is 4.37. The van der Waals surface area contributed by atoms with Crippen LogP contribution in [0.15, 0.2) is 22.7 Å². The van der Waals surface area contributed by atoms with Crippen molar-refractivity contribution < 1.29 is 18.0 Å². The molecule has 1 amide bonds. The van der Waals surface area contributed by atoms with Gasteiger partial charge < -0.3 is 11.1 Å². The van der Waals surface area contributed by atoms with Crippen molar-refractivity contribution in [3.8, 4) is 0 Å². The third kappa shape index (κ3) is 3.62. The Hall–Kier alpha value is -1.24. The smallest absolute Gasteiger partial charge is 0.373 e. The Balaban J connectivity index is 3.11. The van der Waals surface area contributed by atoms with Crippen LogP contribution in [0.3, 0.4) is 0 Å². The van der Waals surface area contributed by atoms with E-state index in [0.29, 0.717) is 4.47 Å². The van der Waals surface area contributed by atoms with Crippen molar-refractivity contribution in [2.24, 2.45) is 5.73 Å². The molecule has 0 radical (unpaired) electrons. The highest BCUT2D eigenvalue weighted by Gasteiger charge is 2.34. The van der Waals surface area contributed by atoms with Gasteiger partial charge in [0.15, 0.2) is 0 Å². The fraction of sp³-hybridized carbons (Fsp3) is 0.300. The average Bonchev–Trinajstić information content (AvgIpc) is 2.18. The lowest BCUT2D eigenvalue weighted by atomic mass is 10.1. The van der Waals surface area contributed by atoms with E-state index in [0.717, 1.165) is 6.07 Å². The van der Waals surface area contributed by atoms with Crippen molar-refractivity contribution in [3.63, 3.8) is 0 Å². The number of nitrogens with one attached hydrogen (secondary N) is 1. The zero-order chi connectivity index (χ0) is 13.2. The summed E-state index contributed by atoms with van der Waals surface area (Å²) in [4.78, 5) is 10.8. The van der Waals surface area contributed by atoms with E-state index in [-0.39, 0.29) is 5.69 Å². The van der Waals surface area contributed by atoms with Crippen LogP contribution in [-0.4, -0.2) is 11.9 Å². The maximum atomic E-state index is 12.7. The van der Waals surface area contributed by atoms with Gasteiger partial charge in [0.1, 0.15) is 6.04 Å². The van der Waals surface area contributed by atoms with E-state index in [9.17, 15) is 18.0 Å². The molecule has 0 aliphatic carbocycles. The average molecular weight is 311 g/mol. The van der Waals surface area contributed by atoms with Crippen molar-refractivity contribution in [2.45, 2.75) is 19.1 Å². The number of hydrogen-bond acceptors (Lipinski definition) is 2. The van der Waals surface area contributed by atoms with Crippen molar-refractivity contribution >= 4 is 27.5 Å². The van der Waals surface area contributed by atoms with Crippen LogP contribution >= 0.6 is 15.9 Å². The van der Waals surface area contributed by atoms with E-state index < -0.39 is 23.7 Å². The Morgan fingerprint density at radius 3 is 2.53 bits per heavy atom. The first-order chi connectivity index (χ1) is 7.71. The quantitative estimate of drug-likeness (QED) is 0.902. The van der Waals surface area contributed by atoms with Crippen molar-refractivity contribution in [2.75, 3.05) is 5.32 Å². The Morgan fingerprint density at radius 1 is 1.47 bits per heavy atom. The van der Waals surface area contributed by atoms with Crippen molar-refractivity contribution in [1.82, 2.24) is 0 Å². The van der Waals surface area contributed by atoms with Gasteiger partial charge in [-0.2, -0.15) is 13.2 Å². The van der Waals surface area contributed by atoms with Gasteiger partial charge in [0, 0.05) is 10.2 Å². The lowest BCUT2D eigenvalue weighted by molar-refractivity contribution is -0.137. The van der Waals surface area contributed by atoms with Crippen LogP contribution < -0.4 is 11.1 Å². The Bertz CT molecular complexity index is 434. The Labute approximate surface area is 104 Å². The number of carbonyl (C=O) groups is 1. The maximum Gasteiger partial charge on any atom is 0.418 e. The second kappa shape index (κ2) is 4.95. The van der Waals surface area contributed by atoms with Crippen LogP contribution in [0, 0.1) is 0 Å². The Kier molecular flexibility index (Phi) is 4.03. The zero-order valence-corrected chi connectivity index (χ0v) is 10.4. The first-order valence-electron chi connectivity index (χ1n) is 4.64. The summed E-state index contributed by atoms with van der Waals surface area (Å²) in [5, 5.41) is 2.43. The monoisotopic (exact) mass is 310 g/mol. The highest BCUT2D eigenvalue weighted by molar-refractivity contribution is 9.10. The number of alkyl halides is 3. The predicted molar refractivity (Wildman–Crippen MR) is 61.4 cm³/mol. The molecular weight excluding hydrogens is 301 g/mol. The molecule has 94 valence electrons. The topological polar surface area (TPSA) is 55.1 Å². The lowest BCUT2D eigenvalue weighted by Gasteiger charge is -2.17. The zero-order valence-electron chi connectivity index (χ0n) is 8.81. The van der Waals surface area contributed by atoms with Crippen LogP contribution in [0.25, 0.3) is 0 Å². The Morgan fingerprint density at radius 2 is 2.06 bits per heavy atom. The molecule has 1 rings (SSSR count). The van der Waals surface area contributed by atoms with E-state index in [1.54, 1.807) is 0 Å².